The summed E-state index contributed by atoms with van der Waals surface area (Å²) >= 11 is 1.42. The first-order chi connectivity index (χ1) is 8.24. The molecular formula is C13H13NO2S. The van der Waals surface area contributed by atoms with Crippen molar-refractivity contribution in [3.05, 3.63) is 35.9 Å². The van der Waals surface area contributed by atoms with E-state index in [4.69, 9.17) is 5.11 Å². The molecule has 0 fully saturated rings. The van der Waals surface area contributed by atoms with Gasteiger partial charge in [0.15, 0.2) is 6.29 Å². The van der Waals surface area contributed by atoms with Crippen LogP contribution in [0.2, 0.25) is 0 Å². The Hall–Kier alpha value is -1.39. The van der Waals surface area contributed by atoms with Crippen LogP contribution in [0.25, 0.3) is 10.9 Å². The van der Waals surface area contributed by atoms with Gasteiger partial charge < -0.3 is 5.11 Å². The summed E-state index contributed by atoms with van der Waals surface area (Å²) in [4.78, 5) is 15.5. The highest BCUT2D eigenvalue weighted by molar-refractivity contribution is 7.99. The molecule has 17 heavy (non-hydrogen) atoms. The first-order valence-electron chi connectivity index (χ1n) is 5.37. The molecule has 0 bridgehead atoms. The SMILES string of the molecule is CC(CO)Sc1nc2ccccc2cc1C=O. The third-order valence-electron chi connectivity index (χ3n) is 2.41. The van der Waals surface area contributed by atoms with Crippen molar-refractivity contribution in [2.45, 2.75) is 17.2 Å². The first-order valence-corrected chi connectivity index (χ1v) is 6.25. The Labute approximate surface area is 104 Å². The van der Waals surface area contributed by atoms with Gasteiger partial charge in [0.1, 0.15) is 5.03 Å². The topological polar surface area (TPSA) is 50.2 Å². The lowest BCUT2D eigenvalue weighted by Crippen LogP contribution is -2.04. The number of aliphatic hydroxyl groups is 1. The van der Waals surface area contributed by atoms with Gasteiger partial charge in [-0.1, -0.05) is 25.1 Å². The number of aromatic nitrogens is 1. The van der Waals surface area contributed by atoms with Crippen molar-refractivity contribution in [1.29, 1.82) is 0 Å². The zero-order valence-electron chi connectivity index (χ0n) is 9.46. The van der Waals surface area contributed by atoms with Crippen molar-refractivity contribution in [3.63, 3.8) is 0 Å². The van der Waals surface area contributed by atoms with Gasteiger partial charge in [-0.2, -0.15) is 0 Å². The molecule has 2 rings (SSSR count). The van der Waals surface area contributed by atoms with E-state index in [1.807, 2.05) is 37.3 Å². The number of carbonyl (C=O) groups is 1. The fraction of sp³-hybridized carbons (Fsp3) is 0.231. The average Bonchev–Trinajstić information content (AvgIpc) is 2.37. The van der Waals surface area contributed by atoms with Crippen molar-refractivity contribution < 1.29 is 9.90 Å². The van der Waals surface area contributed by atoms with Gasteiger partial charge in [0, 0.05) is 16.2 Å². The number of fused-ring (bicyclic) bond motifs is 1. The second kappa shape index (κ2) is 5.29. The smallest absolute Gasteiger partial charge is 0.152 e. The van der Waals surface area contributed by atoms with Gasteiger partial charge in [0.2, 0.25) is 0 Å². The summed E-state index contributed by atoms with van der Waals surface area (Å²) in [5, 5.41) is 10.7. The second-order valence-corrected chi connectivity index (χ2v) is 5.23. The van der Waals surface area contributed by atoms with E-state index in [1.165, 1.54) is 11.8 Å². The normalized spacial score (nSPS) is 12.6. The molecule has 3 nitrogen and oxygen atoms in total. The number of hydrogen-bond acceptors (Lipinski definition) is 4. The van der Waals surface area contributed by atoms with Crippen LogP contribution in [0.15, 0.2) is 35.4 Å². The van der Waals surface area contributed by atoms with Gasteiger partial charge in [0.25, 0.3) is 0 Å². The molecule has 1 N–H and O–H groups in total. The predicted molar refractivity (Wildman–Crippen MR) is 69.5 cm³/mol. The van der Waals surface area contributed by atoms with Gasteiger partial charge in [0.05, 0.1) is 12.1 Å². The molecule has 1 aromatic heterocycles. The van der Waals surface area contributed by atoms with Gasteiger partial charge in [-0.15, -0.1) is 11.8 Å². The Kier molecular flexibility index (Phi) is 3.76. The maximum atomic E-state index is 11.0. The molecule has 1 unspecified atom stereocenters. The Morgan fingerprint density at radius 3 is 2.94 bits per heavy atom. The number of pyridine rings is 1. The maximum Gasteiger partial charge on any atom is 0.152 e. The molecular weight excluding hydrogens is 234 g/mol. The summed E-state index contributed by atoms with van der Waals surface area (Å²) < 4.78 is 0. The number of nitrogens with zero attached hydrogens (tertiary/aromatic N) is 1. The molecule has 0 spiro atoms. The van der Waals surface area contributed by atoms with Crippen LogP contribution >= 0.6 is 11.8 Å². The Balaban J connectivity index is 2.49. The minimum absolute atomic E-state index is 0.0300. The van der Waals surface area contributed by atoms with Crippen molar-refractivity contribution in [1.82, 2.24) is 4.98 Å². The van der Waals surface area contributed by atoms with E-state index in [2.05, 4.69) is 4.98 Å². The van der Waals surface area contributed by atoms with Crippen LogP contribution in [-0.4, -0.2) is 28.2 Å². The lowest BCUT2D eigenvalue weighted by molar-refractivity contribution is 0.112. The van der Waals surface area contributed by atoms with Crippen LogP contribution in [0, 0.1) is 0 Å². The molecule has 4 heteroatoms. The quantitative estimate of drug-likeness (QED) is 0.666. The summed E-state index contributed by atoms with van der Waals surface area (Å²) in [5.74, 6) is 0. The zero-order valence-corrected chi connectivity index (χ0v) is 10.3. The summed E-state index contributed by atoms with van der Waals surface area (Å²) in [6.45, 7) is 1.97. The number of hydrogen-bond donors (Lipinski definition) is 1. The summed E-state index contributed by atoms with van der Waals surface area (Å²) in [6, 6.07) is 9.51. The zero-order chi connectivity index (χ0) is 12.3. The molecule has 0 amide bonds. The van der Waals surface area contributed by atoms with E-state index in [0.717, 1.165) is 17.2 Å². The molecule has 0 aliphatic carbocycles. The predicted octanol–water partition coefficient (Wildman–Crippen LogP) is 2.52. The monoisotopic (exact) mass is 247 g/mol. The number of thioether (sulfide) groups is 1. The minimum Gasteiger partial charge on any atom is -0.395 e. The third-order valence-corrected chi connectivity index (χ3v) is 3.52. The van der Waals surface area contributed by atoms with Crippen LogP contribution in [0.1, 0.15) is 17.3 Å². The number of aldehydes is 1. The molecule has 0 saturated carbocycles. The van der Waals surface area contributed by atoms with Crippen molar-refractivity contribution in [2.24, 2.45) is 0 Å². The number of para-hydroxylation sites is 1. The number of rotatable bonds is 4. The van der Waals surface area contributed by atoms with E-state index >= 15 is 0 Å². The first kappa shape index (κ1) is 12.1. The van der Waals surface area contributed by atoms with Gasteiger partial charge in [-0.3, -0.25) is 4.79 Å². The van der Waals surface area contributed by atoms with Crippen LogP contribution < -0.4 is 0 Å². The van der Waals surface area contributed by atoms with E-state index < -0.39 is 0 Å². The molecule has 1 heterocycles. The fourth-order valence-corrected chi connectivity index (χ4v) is 2.37. The summed E-state index contributed by atoms with van der Waals surface area (Å²) in [7, 11) is 0. The molecule has 0 saturated heterocycles. The molecule has 0 radical (unpaired) electrons. The van der Waals surface area contributed by atoms with Crippen LogP contribution in [0.3, 0.4) is 0 Å². The summed E-state index contributed by atoms with van der Waals surface area (Å²) in [6.07, 6.45) is 0.811. The van der Waals surface area contributed by atoms with E-state index in [1.54, 1.807) is 0 Å². The molecule has 0 aliphatic heterocycles. The number of aliphatic hydroxyl groups excluding tert-OH is 1. The Morgan fingerprint density at radius 2 is 2.24 bits per heavy atom. The van der Waals surface area contributed by atoms with Gasteiger partial charge in [-0.25, -0.2) is 4.98 Å². The van der Waals surface area contributed by atoms with E-state index in [0.29, 0.717) is 10.6 Å². The molecule has 1 aromatic carbocycles. The fourth-order valence-electron chi connectivity index (χ4n) is 1.52. The van der Waals surface area contributed by atoms with E-state index in [-0.39, 0.29) is 11.9 Å². The minimum atomic E-state index is 0.0300. The Bertz CT molecular complexity index is 542. The van der Waals surface area contributed by atoms with E-state index in [9.17, 15) is 4.79 Å². The van der Waals surface area contributed by atoms with Crippen LogP contribution in [0.4, 0.5) is 0 Å². The lowest BCUT2D eigenvalue weighted by Gasteiger charge is -2.09. The van der Waals surface area contributed by atoms with Gasteiger partial charge >= 0.3 is 0 Å². The standard InChI is InChI=1S/C13H13NO2S/c1-9(7-15)17-13-11(8-16)6-10-4-2-3-5-12(10)14-13/h2-6,8-9,15H,7H2,1H3. The largest absolute Gasteiger partial charge is 0.395 e. The second-order valence-electron chi connectivity index (χ2n) is 3.80. The van der Waals surface area contributed by atoms with Crippen molar-refractivity contribution in [3.8, 4) is 0 Å². The van der Waals surface area contributed by atoms with Gasteiger partial charge in [-0.05, 0) is 12.1 Å². The van der Waals surface area contributed by atoms with Crippen molar-refractivity contribution in [2.75, 3.05) is 6.61 Å². The Morgan fingerprint density at radius 1 is 1.47 bits per heavy atom. The van der Waals surface area contributed by atoms with Crippen LogP contribution in [0.5, 0.6) is 0 Å². The average molecular weight is 247 g/mol. The number of benzene rings is 1. The van der Waals surface area contributed by atoms with Crippen molar-refractivity contribution >= 4 is 29.0 Å². The lowest BCUT2D eigenvalue weighted by atomic mass is 10.2. The maximum absolute atomic E-state index is 11.0. The molecule has 1 atom stereocenters. The molecule has 2 aromatic rings. The highest BCUT2D eigenvalue weighted by Gasteiger charge is 2.10. The highest BCUT2D eigenvalue weighted by Crippen LogP contribution is 2.26. The highest BCUT2D eigenvalue weighted by atomic mass is 32.2. The molecule has 88 valence electrons. The summed E-state index contributed by atoms with van der Waals surface area (Å²) in [5.41, 5.74) is 1.44. The molecule has 0 aliphatic rings. The third kappa shape index (κ3) is 2.65. The van der Waals surface area contributed by atoms with Crippen LogP contribution in [-0.2, 0) is 0 Å². The number of carbonyl (C=O) groups excluding carboxylic acids is 1.